The number of amides is 1. The average Bonchev–Trinajstić information content (AvgIpc) is 2.88. The maximum absolute atomic E-state index is 12.1. The van der Waals surface area contributed by atoms with E-state index in [2.05, 4.69) is 14.9 Å². The molecule has 0 spiro atoms. The number of carboxylic acids is 1. The van der Waals surface area contributed by atoms with E-state index >= 15 is 0 Å². The highest BCUT2D eigenvalue weighted by molar-refractivity contribution is 7.10. The minimum atomic E-state index is -1.03. The lowest BCUT2D eigenvalue weighted by atomic mass is 10.1. The summed E-state index contributed by atoms with van der Waals surface area (Å²) in [6.45, 7) is 1.84. The third kappa shape index (κ3) is 3.72. The molecule has 0 atom stereocenters. The van der Waals surface area contributed by atoms with E-state index in [0.717, 1.165) is 23.2 Å². The number of nitrogens with zero attached hydrogens (tertiary/aromatic N) is 2. The molecule has 7 heteroatoms. The second kappa shape index (κ2) is 6.07. The van der Waals surface area contributed by atoms with Crippen LogP contribution in [-0.2, 0) is 4.79 Å². The van der Waals surface area contributed by atoms with Crippen molar-refractivity contribution in [2.75, 3.05) is 5.32 Å². The summed E-state index contributed by atoms with van der Waals surface area (Å²) in [5.41, 5.74) is 1.97. The summed E-state index contributed by atoms with van der Waals surface area (Å²) in [5.74, 6) is -1.32. The van der Waals surface area contributed by atoms with Crippen molar-refractivity contribution >= 4 is 34.5 Å². The zero-order valence-corrected chi connectivity index (χ0v) is 11.3. The highest BCUT2D eigenvalue weighted by Gasteiger charge is 2.08. The van der Waals surface area contributed by atoms with Gasteiger partial charge < -0.3 is 10.4 Å². The molecule has 2 N–H and O–H groups in total. The second-order valence-corrected chi connectivity index (χ2v) is 4.83. The highest BCUT2D eigenvalue weighted by atomic mass is 32.1. The van der Waals surface area contributed by atoms with Crippen molar-refractivity contribution in [3.8, 4) is 0 Å². The van der Waals surface area contributed by atoms with E-state index in [1.54, 1.807) is 18.2 Å². The van der Waals surface area contributed by atoms with Crippen LogP contribution in [0.5, 0.6) is 0 Å². The fraction of sp³-hybridized carbons (Fsp3) is 0.0769. The molecular formula is C13H11N3O3S. The number of carboxylic acid groups (broad SMARTS) is 1. The first-order chi connectivity index (χ1) is 9.54. The van der Waals surface area contributed by atoms with Crippen molar-refractivity contribution in [1.82, 2.24) is 9.59 Å². The molecule has 0 saturated heterocycles. The molecular weight excluding hydrogens is 278 g/mol. The first kappa shape index (κ1) is 13.9. The fourth-order valence-electron chi connectivity index (χ4n) is 1.61. The van der Waals surface area contributed by atoms with Crippen LogP contribution in [0, 0.1) is 6.92 Å². The van der Waals surface area contributed by atoms with Gasteiger partial charge in [0.15, 0.2) is 0 Å². The molecule has 0 saturated carbocycles. The van der Waals surface area contributed by atoms with Gasteiger partial charge in [0.1, 0.15) is 5.00 Å². The number of aryl methyl sites for hydroxylation is 1. The molecule has 0 aliphatic carbocycles. The number of carbonyl (C=O) groups is 2. The molecule has 2 aromatic rings. The van der Waals surface area contributed by atoms with Gasteiger partial charge in [0.2, 0.25) is 0 Å². The Bertz CT molecular complexity index is 666. The maximum atomic E-state index is 12.1. The van der Waals surface area contributed by atoms with E-state index < -0.39 is 5.97 Å². The Hall–Kier alpha value is -2.54. The van der Waals surface area contributed by atoms with Crippen molar-refractivity contribution in [3.05, 3.63) is 47.2 Å². The van der Waals surface area contributed by atoms with E-state index in [4.69, 9.17) is 5.11 Å². The normalized spacial score (nSPS) is 10.7. The zero-order chi connectivity index (χ0) is 14.5. The summed E-state index contributed by atoms with van der Waals surface area (Å²) in [4.78, 5) is 22.6. The van der Waals surface area contributed by atoms with Gasteiger partial charge in [-0.25, -0.2) is 4.79 Å². The van der Waals surface area contributed by atoms with E-state index in [1.807, 2.05) is 6.92 Å². The summed E-state index contributed by atoms with van der Waals surface area (Å²) in [5, 5.41) is 15.5. The van der Waals surface area contributed by atoms with Crippen LogP contribution < -0.4 is 5.32 Å². The zero-order valence-electron chi connectivity index (χ0n) is 10.5. The highest BCUT2D eigenvalue weighted by Crippen LogP contribution is 2.15. The summed E-state index contributed by atoms with van der Waals surface area (Å²) >= 11 is 1.08. The lowest BCUT2D eigenvalue weighted by Crippen LogP contribution is -2.11. The van der Waals surface area contributed by atoms with Gasteiger partial charge in [-0.3, -0.25) is 4.79 Å². The molecule has 0 bridgehead atoms. The molecule has 1 heterocycles. The molecule has 0 radical (unpaired) electrons. The van der Waals surface area contributed by atoms with Gasteiger partial charge >= 0.3 is 5.97 Å². The lowest BCUT2D eigenvalue weighted by Gasteiger charge is -2.05. The van der Waals surface area contributed by atoms with E-state index in [9.17, 15) is 9.59 Å². The smallest absolute Gasteiger partial charge is 0.328 e. The van der Waals surface area contributed by atoms with Crippen LogP contribution in [-0.4, -0.2) is 26.6 Å². The summed E-state index contributed by atoms with van der Waals surface area (Å²) in [6.07, 6.45) is 3.94. The number of hydrogen-bond acceptors (Lipinski definition) is 5. The quantitative estimate of drug-likeness (QED) is 0.842. The molecule has 0 aliphatic heterocycles. The van der Waals surface area contributed by atoms with Gasteiger partial charge in [-0.05, 0) is 36.3 Å². The fourth-order valence-corrected chi connectivity index (χ4v) is 2.03. The van der Waals surface area contributed by atoms with E-state index in [1.165, 1.54) is 12.3 Å². The average molecular weight is 289 g/mol. The molecule has 20 heavy (non-hydrogen) atoms. The first-order valence-electron chi connectivity index (χ1n) is 5.66. The minimum absolute atomic E-state index is 0.287. The maximum Gasteiger partial charge on any atom is 0.328 e. The number of carbonyl (C=O) groups excluding carboxylic acids is 1. The summed E-state index contributed by atoms with van der Waals surface area (Å²) < 4.78 is 3.65. The molecule has 1 amide bonds. The third-order valence-electron chi connectivity index (χ3n) is 2.38. The van der Waals surface area contributed by atoms with Crippen molar-refractivity contribution in [2.24, 2.45) is 0 Å². The molecule has 2 rings (SSSR count). The third-order valence-corrected chi connectivity index (χ3v) is 2.96. The van der Waals surface area contributed by atoms with Crippen molar-refractivity contribution in [1.29, 1.82) is 0 Å². The molecule has 1 aromatic heterocycles. The standard InChI is InChI=1S/C13H11N3O3S/c1-8-4-9(2-3-12(17)18)6-10(5-8)13(19)15-11-7-14-16-20-11/h2-7H,1H3,(H,15,19)(H,17,18)/b3-2+. The topological polar surface area (TPSA) is 92.2 Å². The van der Waals surface area contributed by atoms with Gasteiger partial charge in [0, 0.05) is 23.2 Å². The van der Waals surface area contributed by atoms with Crippen molar-refractivity contribution in [3.63, 3.8) is 0 Å². The predicted molar refractivity (Wildman–Crippen MR) is 75.7 cm³/mol. The van der Waals surface area contributed by atoms with Gasteiger partial charge in [-0.2, -0.15) is 0 Å². The SMILES string of the molecule is Cc1cc(/C=C/C(=O)O)cc(C(=O)Nc2cnns2)c1. The Morgan fingerprint density at radius 3 is 2.80 bits per heavy atom. The van der Waals surface area contributed by atoms with E-state index in [-0.39, 0.29) is 5.91 Å². The lowest BCUT2D eigenvalue weighted by molar-refractivity contribution is -0.131. The number of hydrogen-bond donors (Lipinski definition) is 2. The molecule has 6 nitrogen and oxygen atoms in total. The largest absolute Gasteiger partial charge is 0.478 e. The van der Waals surface area contributed by atoms with Gasteiger partial charge in [-0.15, -0.1) is 5.10 Å². The molecule has 0 aliphatic rings. The van der Waals surface area contributed by atoms with Gasteiger partial charge in [-0.1, -0.05) is 10.6 Å². The number of nitrogens with one attached hydrogen (secondary N) is 1. The van der Waals surface area contributed by atoms with Crippen molar-refractivity contribution < 1.29 is 14.7 Å². The Balaban J connectivity index is 2.23. The van der Waals surface area contributed by atoms with Gasteiger partial charge in [0.05, 0.1) is 6.20 Å². The Morgan fingerprint density at radius 1 is 1.35 bits per heavy atom. The second-order valence-electron chi connectivity index (χ2n) is 4.04. The summed E-state index contributed by atoms with van der Waals surface area (Å²) in [7, 11) is 0. The first-order valence-corrected chi connectivity index (χ1v) is 6.43. The molecule has 0 fully saturated rings. The van der Waals surface area contributed by atoms with Crippen LogP contribution in [0.3, 0.4) is 0 Å². The van der Waals surface area contributed by atoms with Crippen LogP contribution in [0.2, 0.25) is 0 Å². The number of rotatable bonds is 4. The van der Waals surface area contributed by atoms with Crippen LogP contribution >= 0.6 is 11.5 Å². The predicted octanol–water partition coefficient (Wildman–Crippen LogP) is 2.20. The van der Waals surface area contributed by atoms with Crippen LogP contribution in [0.1, 0.15) is 21.5 Å². The monoisotopic (exact) mass is 289 g/mol. The molecule has 0 unspecified atom stereocenters. The van der Waals surface area contributed by atoms with Crippen LogP contribution in [0.25, 0.3) is 6.08 Å². The Morgan fingerprint density at radius 2 is 2.15 bits per heavy atom. The number of aromatic nitrogens is 2. The van der Waals surface area contributed by atoms with Crippen molar-refractivity contribution in [2.45, 2.75) is 6.92 Å². The molecule has 1 aromatic carbocycles. The van der Waals surface area contributed by atoms with Crippen LogP contribution in [0.4, 0.5) is 5.00 Å². The Kier molecular flexibility index (Phi) is 4.21. The Labute approximate surface area is 118 Å². The van der Waals surface area contributed by atoms with Crippen LogP contribution in [0.15, 0.2) is 30.5 Å². The molecule has 102 valence electrons. The summed E-state index contributed by atoms with van der Waals surface area (Å²) in [6, 6.07) is 5.14. The minimum Gasteiger partial charge on any atom is -0.478 e. The van der Waals surface area contributed by atoms with E-state index in [0.29, 0.717) is 16.1 Å². The van der Waals surface area contributed by atoms with Gasteiger partial charge in [0.25, 0.3) is 5.91 Å². The number of anilines is 1. The number of aliphatic carboxylic acids is 1. The number of benzene rings is 1.